The summed E-state index contributed by atoms with van der Waals surface area (Å²) in [7, 11) is 0. The lowest BCUT2D eigenvalue weighted by Crippen LogP contribution is -2.11. The van der Waals surface area contributed by atoms with E-state index in [9.17, 15) is 0 Å². The van der Waals surface area contributed by atoms with Gasteiger partial charge in [0.15, 0.2) is 0 Å². The van der Waals surface area contributed by atoms with Crippen LogP contribution in [-0.2, 0) is 12.8 Å². The number of hydrogen-bond donors (Lipinski definition) is 2. The van der Waals surface area contributed by atoms with Crippen molar-refractivity contribution in [1.29, 1.82) is 0 Å². The van der Waals surface area contributed by atoms with Gasteiger partial charge in [-0.1, -0.05) is 13.0 Å². The van der Waals surface area contributed by atoms with Gasteiger partial charge in [-0.25, -0.2) is 0 Å². The molecule has 0 saturated carbocycles. The molecule has 0 atom stereocenters. The molecule has 0 saturated heterocycles. The predicted molar refractivity (Wildman–Crippen MR) is 70.1 cm³/mol. The zero-order valence-electron chi connectivity index (χ0n) is 9.68. The van der Waals surface area contributed by atoms with Crippen LogP contribution in [0.5, 0.6) is 0 Å². The summed E-state index contributed by atoms with van der Waals surface area (Å²) in [6.07, 6.45) is 1.72. The van der Waals surface area contributed by atoms with Crippen molar-refractivity contribution in [3.63, 3.8) is 0 Å². The molecule has 0 spiro atoms. The van der Waals surface area contributed by atoms with Gasteiger partial charge in [-0.3, -0.25) is 0 Å². The highest BCUT2D eigenvalue weighted by Crippen LogP contribution is 2.09. The van der Waals surface area contributed by atoms with Crippen LogP contribution in [0.2, 0.25) is 0 Å². The van der Waals surface area contributed by atoms with E-state index >= 15 is 0 Å². The Morgan fingerprint density at radius 3 is 2.94 bits per heavy atom. The summed E-state index contributed by atoms with van der Waals surface area (Å²) in [6.45, 7) is 2.79. The minimum absolute atomic E-state index is 0.274. The zero-order valence-corrected chi connectivity index (χ0v) is 10.5. The molecular weight excluding hydrogens is 234 g/mol. The van der Waals surface area contributed by atoms with Crippen LogP contribution in [0.15, 0.2) is 17.5 Å². The van der Waals surface area contributed by atoms with Crippen molar-refractivity contribution in [2.24, 2.45) is 0 Å². The molecule has 5 nitrogen and oxygen atoms in total. The second-order valence-corrected chi connectivity index (χ2v) is 4.58. The van der Waals surface area contributed by atoms with E-state index in [0.29, 0.717) is 5.95 Å². The molecule has 2 heterocycles. The molecule has 0 aliphatic heterocycles. The smallest absolute Gasteiger partial charge is 0.227 e. The van der Waals surface area contributed by atoms with Crippen LogP contribution < -0.4 is 11.1 Å². The van der Waals surface area contributed by atoms with Gasteiger partial charge in [0.05, 0.1) is 0 Å². The fraction of sp³-hybridized carbons (Fsp3) is 0.364. The second kappa shape index (κ2) is 5.58. The number of anilines is 2. The molecule has 0 radical (unpaired) electrons. The number of aromatic nitrogens is 3. The summed E-state index contributed by atoms with van der Waals surface area (Å²) in [6, 6.07) is 4.17. The Balaban J connectivity index is 1.92. The molecule has 17 heavy (non-hydrogen) atoms. The Labute approximate surface area is 104 Å². The molecule has 0 aliphatic carbocycles. The number of nitrogens with zero attached hydrogens (tertiary/aromatic N) is 3. The van der Waals surface area contributed by atoms with Gasteiger partial charge in [0, 0.05) is 17.8 Å². The summed E-state index contributed by atoms with van der Waals surface area (Å²) in [5.74, 6) is 1.55. The lowest BCUT2D eigenvalue weighted by molar-refractivity contribution is 0.894. The number of hydrogen-bond acceptors (Lipinski definition) is 6. The average Bonchev–Trinajstić information content (AvgIpc) is 2.81. The van der Waals surface area contributed by atoms with Crippen LogP contribution in [0.4, 0.5) is 11.9 Å². The fourth-order valence-electron chi connectivity index (χ4n) is 1.43. The molecule has 90 valence electrons. The number of aryl methyl sites for hydroxylation is 1. The maximum absolute atomic E-state index is 5.60. The van der Waals surface area contributed by atoms with Crippen molar-refractivity contribution in [3.05, 3.63) is 28.2 Å². The Kier molecular flexibility index (Phi) is 3.87. The third-order valence-corrected chi connectivity index (χ3v) is 3.19. The summed E-state index contributed by atoms with van der Waals surface area (Å²) < 4.78 is 0. The molecule has 0 bridgehead atoms. The van der Waals surface area contributed by atoms with Crippen LogP contribution >= 0.6 is 11.3 Å². The van der Waals surface area contributed by atoms with Gasteiger partial charge in [0.2, 0.25) is 11.9 Å². The van der Waals surface area contributed by atoms with Crippen LogP contribution in [-0.4, -0.2) is 21.5 Å². The Morgan fingerprint density at radius 2 is 2.24 bits per heavy atom. The maximum Gasteiger partial charge on any atom is 0.227 e. The van der Waals surface area contributed by atoms with E-state index in [1.165, 1.54) is 4.88 Å². The highest BCUT2D eigenvalue weighted by Gasteiger charge is 2.02. The third kappa shape index (κ3) is 3.39. The van der Waals surface area contributed by atoms with Crippen molar-refractivity contribution in [3.8, 4) is 0 Å². The van der Waals surface area contributed by atoms with Crippen molar-refractivity contribution >= 4 is 23.2 Å². The van der Waals surface area contributed by atoms with Gasteiger partial charge in [0.1, 0.15) is 5.82 Å². The quantitative estimate of drug-likeness (QED) is 0.844. The van der Waals surface area contributed by atoms with Gasteiger partial charge in [-0.05, 0) is 17.9 Å². The van der Waals surface area contributed by atoms with Gasteiger partial charge in [-0.2, -0.15) is 15.0 Å². The lowest BCUT2D eigenvalue weighted by Gasteiger charge is -2.05. The molecule has 2 aromatic heterocycles. The average molecular weight is 249 g/mol. The van der Waals surface area contributed by atoms with Crippen LogP contribution in [0.25, 0.3) is 0 Å². The molecule has 2 aromatic rings. The summed E-state index contributed by atoms with van der Waals surface area (Å²) in [5.41, 5.74) is 5.60. The third-order valence-electron chi connectivity index (χ3n) is 2.25. The molecule has 6 heteroatoms. The fourth-order valence-corrected chi connectivity index (χ4v) is 2.14. The standard InChI is InChI=1S/C11H15N5S/c1-2-9-14-10(12)16-11(15-9)13-6-5-8-4-3-7-17-8/h3-4,7H,2,5-6H2,1H3,(H3,12,13,14,15,16). The first-order valence-corrected chi connectivity index (χ1v) is 6.42. The largest absolute Gasteiger partial charge is 0.368 e. The number of nitrogen functional groups attached to an aromatic ring is 1. The summed E-state index contributed by atoms with van der Waals surface area (Å²) in [5, 5.41) is 5.24. The van der Waals surface area contributed by atoms with E-state index in [-0.39, 0.29) is 5.95 Å². The Bertz CT molecular complexity index is 469. The second-order valence-electron chi connectivity index (χ2n) is 3.54. The molecule has 0 aliphatic rings. The first-order valence-electron chi connectivity index (χ1n) is 5.54. The molecule has 0 amide bonds. The van der Waals surface area contributed by atoms with Crippen molar-refractivity contribution in [1.82, 2.24) is 15.0 Å². The van der Waals surface area contributed by atoms with Crippen LogP contribution in [0.1, 0.15) is 17.6 Å². The SMILES string of the molecule is CCc1nc(N)nc(NCCc2cccs2)n1. The highest BCUT2D eigenvalue weighted by atomic mass is 32.1. The molecular formula is C11H15N5S. The zero-order chi connectivity index (χ0) is 12.1. The summed E-state index contributed by atoms with van der Waals surface area (Å²) >= 11 is 1.75. The van der Waals surface area contributed by atoms with Crippen LogP contribution in [0.3, 0.4) is 0 Å². The predicted octanol–water partition coefficient (Wildman–Crippen LogP) is 1.73. The normalized spacial score (nSPS) is 10.4. The minimum Gasteiger partial charge on any atom is -0.368 e. The lowest BCUT2D eigenvalue weighted by atomic mass is 10.3. The number of nitrogens with one attached hydrogen (secondary N) is 1. The Morgan fingerprint density at radius 1 is 1.35 bits per heavy atom. The van der Waals surface area contributed by atoms with E-state index in [1.807, 2.05) is 6.92 Å². The van der Waals surface area contributed by atoms with Gasteiger partial charge in [0.25, 0.3) is 0 Å². The van der Waals surface area contributed by atoms with E-state index in [4.69, 9.17) is 5.73 Å². The van der Waals surface area contributed by atoms with Crippen molar-refractivity contribution < 1.29 is 0 Å². The number of rotatable bonds is 5. The van der Waals surface area contributed by atoms with Crippen molar-refractivity contribution in [2.75, 3.05) is 17.6 Å². The maximum atomic E-state index is 5.60. The summed E-state index contributed by atoms with van der Waals surface area (Å²) in [4.78, 5) is 13.7. The molecule has 0 fully saturated rings. The number of nitrogens with two attached hydrogens (primary N) is 1. The minimum atomic E-state index is 0.274. The van der Waals surface area contributed by atoms with E-state index in [2.05, 4.69) is 37.8 Å². The first-order chi connectivity index (χ1) is 8.28. The monoisotopic (exact) mass is 249 g/mol. The van der Waals surface area contributed by atoms with E-state index in [1.54, 1.807) is 11.3 Å². The molecule has 0 unspecified atom stereocenters. The van der Waals surface area contributed by atoms with Gasteiger partial charge >= 0.3 is 0 Å². The molecule has 2 rings (SSSR count). The van der Waals surface area contributed by atoms with E-state index < -0.39 is 0 Å². The highest BCUT2D eigenvalue weighted by molar-refractivity contribution is 7.09. The van der Waals surface area contributed by atoms with Gasteiger partial charge in [-0.15, -0.1) is 11.3 Å². The molecule has 3 N–H and O–H groups in total. The first kappa shape index (κ1) is 11.8. The topological polar surface area (TPSA) is 76.7 Å². The Hall–Kier alpha value is -1.69. The number of thiophene rings is 1. The molecule has 0 aromatic carbocycles. The van der Waals surface area contributed by atoms with Crippen molar-refractivity contribution in [2.45, 2.75) is 19.8 Å². The van der Waals surface area contributed by atoms with E-state index in [0.717, 1.165) is 25.2 Å². The van der Waals surface area contributed by atoms with Crippen LogP contribution in [0, 0.1) is 0 Å². The van der Waals surface area contributed by atoms with Gasteiger partial charge < -0.3 is 11.1 Å².